The lowest BCUT2D eigenvalue weighted by Crippen LogP contribution is -2.36. The highest BCUT2D eigenvalue weighted by Crippen LogP contribution is 2.24. The maximum atomic E-state index is 12.7. The zero-order valence-electron chi connectivity index (χ0n) is 21.2. The number of aromatic nitrogens is 1. The predicted molar refractivity (Wildman–Crippen MR) is 145 cm³/mol. The first kappa shape index (κ1) is 25.5. The number of morpholine rings is 1. The molecule has 0 spiro atoms. The summed E-state index contributed by atoms with van der Waals surface area (Å²) >= 11 is 0. The standard InChI is InChI=1S/C29H32N4O5/c34-28(22-4-7-25(8-5-22)32-14-16-37-17-15-32)31-24-6-9-27(30-19-24)33-12-10-21(11-13-33)20-38-26-3-1-2-23(18-26)29(35)36/h1-9,18-19,21H,10-17,20H2,(H,31,34)(H,35,36). The summed E-state index contributed by atoms with van der Waals surface area (Å²) in [5.41, 5.74) is 2.58. The van der Waals surface area contributed by atoms with Gasteiger partial charge in [-0.05, 0) is 73.4 Å². The third-order valence-electron chi connectivity index (χ3n) is 7.02. The molecule has 0 aliphatic carbocycles. The summed E-state index contributed by atoms with van der Waals surface area (Å²) in [6.45, 7) is 5.44. The maximum absolute atomic E-state index is 12.7. The van der Waals surface area contributed by atoms with E-state index in [0.29, 0.717) is 29.5 Å². The fraction of sp³-hybridized carbons (Fsp3) is 0.345. The van der Waals surface area contributed by atoms with Gasteiger partial charge in [0, 0.05) is 37.4 Å². The van der Waals surface area contributed by atoms with Crippen LogP contribution in [-0.2, 0) is 4.74 Å². The molecule has 0 bridgehead atoms. The lowest BCUT2D eigenvalue weighted by molar-refractivity contribution is 0.0696. The van der Waals surface area contributed by atoms with Crippen LogP contribution in [-0.4, -0.2) is 68.0 Å². The van der Waals surface area contributed by atoms with Crippen molar-refractivity contribution in [3.05, 3.63) is 78.0 Å². The predicted octanol–water partition coefficient (Wildman–Crippen LogP) is 4.16. The summed E-state index contributed by atoms with van der Waals surface area (Å²) in [4.78, 5) is 32.9. The Morgan fingerprint density at radius 1 is 0.947 bits per heavy atom. The molecular weight excluding hydrogens is 484 g/mol. The van der Waals surface area contributed by atoms with Crippen molar-refractivity contribution in [1.29, 1.82) is 0 Å². The van der Waals surface area contributed by atoms with Crippen molar-refractivity contribution < 1.29 is 24.2 Å². The first-order chi connectivity index (χ1) is 18.5. The summed E-state index contributed by atoms with van der Waals surface area (Å²) in [6.07, 6.45) is 3.61. The van der Waals surface area contributed by atoms with Crippen molar-refractivity contribution in [3.8, 4) is 5.75 Å². The summed E-state index contributed by atoms with van der Waals surface area (Å²) in [5.74, 6) is 0.738. The molecule has 2 aliphatic heterocycles. The van der Waals surface area contributed by atoms with E-state index in [1.165, 1.54) is 0 Å². The summed E-state index contributed by atoms with van der Waals surface area (Å²) in [5, 5.41) is 12.1. The van der Waals surface area contributed by atoms with Crippen LogP contribution < -0.4 is 19.9 Å². The van der Waals surface area contributed by atoms with Crippen LogP contribution in [0.25, 0.3) is 0 Å². The molecule has 3 aromatic rings. The van der Waals surface area contributed by atoms with Gasteiger partial charge in [-0.25, -0.2) is 9.78 Å². The molecule has 0 saturated carbocycles. The van der Waals surface area contributed by atoms with E-state index in [1.807, 2.05) is 36.4 Å². The van der Waals surface area contributed by atoms with Gasteiger partial charge in [0.1, 0.15) is 11.6 Å². The number of carbonyl (C=O) groups excluding carboxylic acids is 1. The van der Waals surface area contributed by atoms with Gasteiger partial charge in [-0.1, -0.05) is 6.07 Å². The molecule has 2 fully saturated rings. The number of hydrogen-bond donors (Lipinski definition) is 2. The van der Waals surface area contributed by atoms with Gasteiger partial charge in [-0.3, -0.25) is 4.79 Å². The van der Waals surface area contributed by atoms with E-state index in [1.54, 1.807) is 30.5 Å². The van der Waals surface area contributed by atoms with E-state index >= 15 is 0 Å². The van der Waals surface area contributed by atoms with Gasteiger partial charge in [-0.15, -0.1) is 0 Å². The highest BCUT2D eigenvalue weighted by atomic mass is 16.5. The van der Waals surface area contributed by atoms with Crippen molar-refractivity contribution in [2.45, 2.75) is 12.8 Å². The molecule has 0 radical (unpaired) electrons. The van der Waals surface area contributed by atoms with Crippen molar-refractivity contribution in [3.63, 3.8) is 0 Å². The van der Waals surface area contributed by atoms with E-state index < -0.39 is 5.97 Å². The summed E-state index contributed by atoms with van der Waals surface area (Å²) < 4.78 is 11.3. The van der Waals surface area contributed by atoms with Crippen LogP contribution in [0.5, 0.6) is 5.75 Å². The van der Waals surface area contributed by atoms with Gasteiger partial charge < -0.3 is 29.7 Å². The number of piperidine rings is 1. The number of hydrogen-bond acceptors (Lipinski definition) is 7. The van der Waals surface area contributed by atoms with Crippen LogP contribution in [0.3, 0.4) is 0 Å². The molecule has 1 aromatic heterocycles. The lowest BCUT2D eigenvalue weighted by atomic mass is 9.98. The fourth-order valence-corrected chi connectivity index (χ4v) is 4.76. The molecule has 1 amide bonds. The molecule has 5 rings (SSSR count). The molecular formula is C29H32N4O5. The Bertz CT molecular complexity index is 1230. The van der Waals surface area contributed by atoms with Gasteiger partial charge in [0.25, 0.3) is 5.91 Å². The van der Waals surface area contributed by atoms with E-state index in [2.05, 4.69) is 20.1 Å². The van der Waals surface area contributed by atoms with Gasteiger partial charge >= 0.3 is 5.97 Å². The third-order valence-corrected chi connectivity index (χ3v) is 7.02. The normalized spacial score (nSPS) is 16.2. The number of nitrogens with zero attached hydrogens (tertiary/aromatic N) is 3. The van der Waals surface area contributed by atoms with Crippen molar-refractivity contribution in [2.24, 2.45) is 5.92 Å². The van der Waals surface area contributed by atoms with Crippen LogP contribution in [0, 0.1) is 5.92 Å². The second-order valence-electron chi connectivity index (χ2n) is 9.58. The average molecular weight is 517 g/mol. The number of rotatable bonds is 8. The van der Waals surface area contributed by atoms with Crippen molar-refractivity contribution >= 4 is 29.1 Å². The monoisotopic (exact) mass is 516 g/mol. The largest absolute Gasteiger partial charge is 0.493 e. The molecule has 2 aliphatic rings. The number of ether oxygens (including phenoxy) is 2. The summed E-state index contributed by atoms with van der Waals surface area (Å²) in [6, 6.07) is 18.1. The minimum atomic E-state index is -0.958. The van der Waals surface area contributed by atoms with Crippen molar-refractivity contribution in [2.75, 3.05) is 61.1 Å². The SMILES string of the molecule is O=C(O)c1cccc(OCC2CCN(c3ccc(NC(=O)c4ccc(N5CCOCC5)cc4)cn3)CC2)c1. The Balaban J connectivity index is 1.08. The molecule has 2 saturated heterocycles. The van der Waals surface area contributed by atoms with Crippen LogP contribution in [0.4, 0.5) is 17.2 Å². The minimum absolute atomic E-state index is 0.164. The zero-order chi connectivity index (χ0) is 26.3. The van der Waals surface area contributed by atoms with E-state index in [0.717, 1.165) is 63.7 Å². The first-order valence-corrected chi connectivity index (χ1v) is 13.0. The number of carboxylic acids is 1. The second kappa shape index (κ2) is 12.0. The molecule has 2 N–H and O–H groups in total. The van der Waals surface area contributed by atoms with Gasteiger partial charge in [0.15, 0.2) is 0 Å². The van der Waals surface area contributed by atoms with E-state index in [4.69, 9.17) is 14.6 Å². The molecule has 3 heterocycles. The number of amides is 1. The minimum Gasteiger partial charge on any atom is -0.493 e. The Kier molecular flexibility index (Phi) is 8.04. The highest BCUT2D eigenvalue weighted by Gasteiger charge is 2.21. The van der Waals surface area contributed by atoms with Gasteiger partial charge in [-0.2, -0.15) is 0 Å². The summed E-state index contributed by atoms with van der Waals surface area (Å²) in [7, 11) is 0. The fourth-order valence-electron chi connectivity index (χ4n) is 4.76. The van der Waals surface area contributed by atoms with Gasteiger partial charge in [0.05, 0.1) is 37.3 Å². The maximum Gasteiger partial charge on any atom is 0.335 e. The zero-order valence-corrected chi connectivity index (χ0v) is 21.2. The lowest BCUT2D eigenvalue weighted by Gasteiger charge is -2.32. The molecule has 2 aromatic carbocycles. The number of nitrogens with one attached hydrogen (secondary N) is 1. The van der Waals surface area contributed by atoms with Crippen LogP contribution >= 0.6 is 0 Å². The van der Waals surface area contributed by atoms with Gasteiger partial charge in [0.2, 0.25) is 0 Å². The van der Waals surface area contributed by atoms with Crippen LogP contribution in [0.2, 0.25) is 0 Å². The van der Waals surface area contributed by atoms with Crippen molar-refractivity contribution in [1.82, 2.24) is 4.98 Å². The Morgan fingerprint density at radius 2 is 1.71 bits per heavy atom. The number of pyridine rings is 1. The Hall–Kier alpha value is -4.11. The van der Waals surface area contributed by atoms with Crippen LogP contribution in [0.15, 0.2) is 66.9 Å². The number of carboxylic acid groups (broad SMARTS) is 1. The molecule has 9 nitrogen and oxygen atoms in total. The Morgan fingerprint density at radius 3 is 2.39 bits per heavy atom. The van der Waals surface area contributed by atoms with E-state index in [-0.39, 0.29) is 11.5 Å². The topological polar surface area (TPSA) is 104 Å². The first-order valence-electron chi connectivity index (χ1n) is 13.0. The quantitative estimate of drug-likeness (QED) is 0.460. The number of carbonyl (C=O) groups is 2. The third kappa shape index (κ3) is 6.41. The number of aromatic carboxylic acids is 1. The molecule has 9 heteroatoms. The molecule has 0 unspecified atom stereocenters. The average Bonchev–Trinajstić information content (AvgIpc) is 2.97. The number of benzene rings is 2. The smallest absolute Gasteiger partial charge is 0.335 e. The molecule has 0 atom stereocenters. The highest BCUT2D eigenvalue weighted by molar-refractivity contribution is 6.04. The molecule has 38 heavy (non-hydrogen) atoms. The van der Waals surface area contributed by atoms with E-state index in [9.17, 15) is 9.59 Å². The Labute approximate surface area is 222 Å². The van der Waals surface area contributed by atoms with Crippen LogP contribution in [0.1, 0.15) is 33.6 Å². The number of anilines is 3. The molecule has 198 valence electrons. The second-order valence-corrected chi connectivity index (χ2v) is 9.58.